The number of rotatable bonds is 10. The maximum Gasteiger partial charge on any atom is 0.0381 e. The third-order valence-corrected chi connectivity index (χ3v) is 4.91. The topological polar surface area (TPSA) is 12.0 Å². The Hall–Kier alpha value is -1.15. The molecule has 1 nitrogen and oxygen atoms in total. The van der Waals surface area contributed by atoms with Crippen LogP contribution < -0.4 is 5.32 Å². The summed E-state index contributed by atoms with van der Waals surface area (Å²) in [5.74, 6) is 0.605. The first-order valence-corrected chi connectivity index (χ1v) is 9.82. The lowest BCUT2D eigenvalue weighted by Crippen LogP contribution is -2.09. The minimum atomic E-state index is 0.438. The van der Waals surface area contributed by atoms with E-state index in [9.17, 15) is 0 Å². The van der Waals surface area contributed by atoms with Gasteiger partial charge in [-0.2, -0.15) is 12.6 Å². The van der Waals surface area contributed by atoms with Gasteiger partial charge >= 0.3 is 0 Å². The Labute approximate surface area is 156 Å². The van der Waals surface area contributed by atoms with E-state index in [4.69, 9.17) is 0 Å². The lowest BCUT2D eigenvalue weighted by Gasteiger charge is -2.16. The number of aryl methyl sites for hydroxylation is 1. The van der Waals surface area contributed by atoms with Gasteiger partial charge in [-0.05, 0) is 55.7 Å². The van der Waals surface area contributed by atoms with E-state index >= 15 is 0 Å². The molecular weight excluding hydrogens is 310 g/mol. The first-order chi connectivity index (χ1) is 11.4. The SMILES string of the molecule is C=C(CC)CCc1ccc(NC(=C)CCC(S)C(C)C)cc1.CC. The molecule has 0 saturated heterocycles. The molecule has 1 unspecified atom stereocenters. The Morgan fingerprint density at radius 3 is 2.17 bits per heavy atom. The van der Waals surface area contributed by atoms with Crippen LogP contribution in [-0.4, -0.2) is 5.25 Å². The molecular formula is C22H37NS. The van der Waals surface area contributed by atoms with E-state index in [0.717, 1.165) is 43.5 Å². The third kappa shape index (κ3) is 9.87. The zero-order valence-corrected chi connectivity index (χ0v) is 17.3. The first-order valence-electron chi connectivity index (χ1n) is 9.30. The fraction of sp³-hybridized carbons (Fsp3) is 0.545. The molecule has 0 fully saturated rings. The lowest BCUT2D eigenvalue weighted by molar-refractivity contribution is 0.576. The normalized spacial score (nSPS) is 11.5. The molecule has 0 bridgehead atoms. The average Bonchev–Trinajstić information content (AvgIpc) is 2.60. The zero-order valence-electron chi connectivity index (χ0n) is 16.4. The van der Waals surface area contributed by atoms with Crippen LogP contribution in [0.3, 0.4) is 0 Å². The standard InChI is InChI=1S/C20H31NS.C2H6/c1-6-16(4)7-9-18-10-12-19(13-11-18)21-17(5)8-14-20(22)15(2)3;1-2/h10-13,15,20-22H,4-9,14H2,1-3H3;1-2H3. The molecule has 0 radical (unpaired) electrons. The maximum absolute atomic E-state index is 4.61. The van der Waals surface area contributed by atoms with Gasteiger partial charge in [0.05, 0.1) is 0 Å². The summed E-state index contributed by atoms with van der Waals surface area (Å²) in [5, 5.41) is 3.83. The highest BCUT2D eigenvalue weighted by Crippen LogP contribution is 2.20. The predicted molar refractivity (Wildman–Crippen MR) is 115 cm³/mol. The molecule has 0 amide bonds. The van der Waals surface area contributed by atoms with Gasteiger partial charge in [0.1, 0.15) is 0 Å². The largest absolute Gasteiger partial charge is 0.359 e. The number of benzene rings is 1. The highest BCUT2D eigenvalue weighted by molar-refractivity contribution is 7.81. The number of thiol groups is 1. The van der Waals surface area contributed by atoms with Gasteiger partial charge < -0.3 is 5.32 Å². The van der Waals surface area contributed by atoms with Gasteiger partial charge in [0.25, 0.3) is 0 Å². The van der Waals surface area contributed by atoms with Gasteiger partial charge in [-0.1, -0.05) is 65.5 Å². The Balaban J connectivity index is 0.00000254. The third-order valence-electron chi connectivity index (χ3n) is 4.05. The molecule has 24 heavy (non-hydrogen) atoms. The van der Waals surface area contributed by atoms with E-state index in [1.807, 2.05) is 13.8 Å². The molecule has 0 spiro atoms. The summed E-state index contributed by atoms with van der Waals surface area (Å²) in [6.45, 7) is 18.8. The number of hydrogen-bond acceptors (Lipinski definition) is 2. The van der Waals surface area contributed by atoms with Crippen LogP contribution in [0, 0.1) is 5.92 Å². The minimum absolute atomic E-state index is 0.438. The van der Waals surface area contributed by atoms with Crippen LogP contribution in [0.2, 0.25) is 0 Å². The number of anilines is 1. The summed E-state index contributed by atoms with van der Waals surface area (Å²) in [6, 6.07) is 8.65. The van der Waals surface area contributed by atoms with Gasteiger partial charge in [-0.25, -0.2) is 0 Å². The van der Waals surface area contributed by atoms with E-state index in [2.05, 4.69) is 76.1 Å². The molecule has 1 N–H and O–H groups in total. The molecule has 1 aromatic carbocycles. The van der Waals surface area contributed by atoms with Crippen molar-refractivity contribution >= 4 is 18.3 Å². The minimum Gasteiger partial charge on any atom is -0.359 e. The van der Waals surface area contributed by atoms with Gasteiger partial charge in [0.15, 0.2) is 0 Å². The van der Waals surface area contributed by atoms with Gasteiger partial charge in [-0.3, -0.25) is 0 Å². The second-order valence-electron chi connectivity index (χ2n) is 6.38. The second-order valence-corrected chi connectivity index (χ2v) is 7.04. The van der Waals surface area contributed by atoms with Crippen molar-refractivity contribution in [1.82, 2.24) is 0 Å². The second kappa shape index (κ2) is 13.2. The molecule has 1 rings (SSSR count). The molecule has 0 saturated carbocycles. The molecule has 2 heteroatoms. The highest BCUT2D eigenvalue weighted by Gasteiger charge is 2.08. The van der Waals surface area contributed by atoms with Crippen molar-refractivity contribution in [2.45, 2.75) is 72.0 Å². The summed E-state index contributed by atoms with van der Waals surface area (Å²) in [6.07, 6.45) is 5.24. The van der Waals surface area contributed by atoms with Crippen LogP contribution in [0.1, 0.15) is 65.9 Å². The van der Waals surface area contributed by atoms with Crippen LogP contribution >= 0.6 is 12.6 Å². The summed E-state index contributed by atoms with van der Waals surface area (Å²) in [5.41, 5.74) is 4.86. The fourth-order valence-corrected chi connectivity index (χ4v) is 2.30. The maximum atomic E-state index is 4.61. The summed E-state index contributed by atoms with van der Waals surface area (Å²) in [4.78, 5) is 0. The van der Waals surface area contributed by atoms with Crippen molar-refractivity contribution in [2.75, 3.05) is 5.32 Å². The summed E-state index contributed by atoms with van der Waals surface area (Å²) in [7, 11) is 0. The van der Waals surface area contributed by atoms with Crippen LogP contribution in [-0.2, 0) is 6.42 Å². The van der Waals surface area contributed by atoms with Crippen LogP contribution in [0.4, 0.5) is 5.69 Å². The zero-order chi connectivity index (χ0) is 18.5. The Bertz CT molecular complexity index is 473. The van der Waals surface area contributed by atoms with Gasteiger partial charge in [-0.15, -0.1) is 0 Å². The van der Waals surface area contributed by atoms with Crippen molar-refractivity contribution in [1.29, 1.82) is 0 Å². The van der Waals surface area contributed by atoms with E-state index < -0.39 is 0 Å². The van der Waals surface area contributed by atoms with Gasteiger partial charge in [0.2, 0.25) is 0 Å². The summed E-state index contributed by atoms with van der Waals surface area (Å²) >= 11 is 4.61. The average molecular weight is 348 g/mol. The molecule has 136 valence electrons. The van der Waals surface area contributed by atoms with Crippen LogP contribution in [0.25, 0.3) is 0 Å². The van der Waals surface area contributed by atoms with E-state index in [1.54, 1.807) is 0 Å². The van der Waals surface area contributed by atoms with Crippen molar-refractivity contribution in [3.05, 3.63) is 54.3 Å². The van der Waals surface area contributed by atoms with Crippen molar-refractivity contribution in [2.24, 2.45) is 5.92 Å². The smallest absolute Gasteiger partial charge is 0.0381 e. The van der Waals surface area contributed by atoms with E-state index in [0.29, 0.717) is 11.2 Å². The molecule has 0 aliphatic carbocycles. The number of hydrogen-bond donors (Lipinski definition) is 2. The summed E-state index contributed by atoms with van der Waals surface area (Å²) < 4.78 is 0. The lowest BCUT2D eigenvalue weighted by atomic mass is 10.0. The van der Waals surface area contributed by atoms with E-state index in [-0.39, 0.29) is 0 Å². The molecule has 0 heterocycles. The molecule has 0 aliphatic heterocycles. The Morgan fingerprint density at radius 2 is 1.67 bits per heavy atom. The van der Waals surface area contributed by atoms with E-state index in [1.165, 1.54) is 11.1 Å². The van der Waals surface area contributed by atoms with Crippen molar-refractivity contribution in [3.8, 4) is 0 Å². The molecule has 1 atom stereocenters. The van der Waals surface area contributed by atoms with Gasteiger partial charge in [0, 0.05) is 16.6 Å². The Morgan fingerprint density at radius 1 is 1.08 bits per heavy atom. The molecule has 0 aliphatic rings. The van der Waals surface area contributed by atoms with Crippen molar-refractivity contribution < 1.29 is 0 Å². The molecule has 1 aromatic rings. The van der Waals surface area contributed by atoms with Crippen LogP contribution in [0.15, 0.2) is 48.7 Å². The number of allylic oxidation sites excluding steroid dienone is 2. The monoisotopic (exact) mass is 347 g/mol. The number of nitrogens with one attached hydrogen (secondary N) is 1. The quantitative estimate of drug-likeness (QED) is 0.335. The highest BCUT2D eigenvalue weighted by atomic mass is 32.1. The van der Waals surface area contributed by atoms with Crippen LogP contribution in [0.5, 0.6) is 0 Å². The Kier molecular flexibility index (Phi) is 12.5. The first kappa shape index (κ1) is 22.9. The molecule has 0 aromatic heterocycles. The van der Waals surface area contributed by atoms with Crippen molar-refractivity contribution in [3.63, 3.8) is 0 Å². The predicted octanol–water partition coefficient (Wildman–Crippen LogP) is 7.27. The fourth-order valence-electron chi connectivity index (χ4n) is 2.17.